The van der Waals surface area contributed by atoms with Gasteiger partial charge in [-0.25, -0.2) is 12.8 Å². The van der Waals surface area contributed by atoms with Crippen LogP contribution in [0.2, 0.25) is 0 Å². The van der Waals surface area contributed by atoms with Gasteiger partial charge in [0.25, 0.3) is 0 Å². The highest BCUT2D eigenvalue weighted by Gasteiger charge is 2.49. The lowest BCUT2D eigenvalue weighted by Gasteiger charge is -2.33. The topological polar surface area (TPSA) is 46.6 Å². The summed E-state index contributed by atoms with van der Waals surface area (Å²) in [6, 6.07) is 1.30. The first kappa shape index (κ1) is 18.2. The molecule has 0 N–H and O–H groups in total. The molecule has 1 heterocycles. The summed E-state index contributed by atoms with van der Waals surface area (Å²) in [5.41, 5.74) is -0.322. The van der Waals surface area contributed by atoms with E-state index in [0.29, 0.717) is 4.31 Å². The lowest BCUT2D eigenvalue weighted by Crippen LogP contribution is -2.45. The molecule has 4 nitrogen and oxygen atoms in total. The second-order valence-corrected chi connectivity index (χ2v) is 7.64. The Labute approximate surface area is 132 Å². The molecule has 1 unspecified atom stereocenters. The van der Waals surface area contributed by atoms with Crippen molar-refractivity contribution in [2.45, 2.75) is 30.3 Å². The second-order valence-electron chi connectivity index (χ2n) is 5.37. The summed E-state index contributed by atoms with van der Waals surface area (Å²) in [6.07, 6.45) is -4.51. The molecule has 0 spiro atoms. The lowest BCUT2D eigenvalue weighted by molar-refractivity contribution is -0.171. The Morgan fingerprint density at radius 1 is 1.17 bits per heavy atom. The highest BCUT2D eigenvalue weighted by Crippen LogP contribution is 2.39. The maximum absolute atomic E-state index is 13.4. The minimum atomic E-state index is -4.81. The molecule has 1 aliphatic heterocycles. The van der Waals surface area contributed by atoms with Crippen LogP contribution in [0.15, 0.2) is 24.3 Å². The highest BCUT2D eigenvalue weighted by molar-refractivity contribution is 7.89. The molecule has 1 aromatic rings. The van der Waals surface area contributed by atoms with Crippen molar-refractivity contribution in [2.75, 3.05) is 20.3 Å². The Hall–Kier alpha value is -1.19. The molecular formula is C14H17F4NO3S. The van der Waals surface area contributed by atoms with Crippen LogP contribution in [-0.2, 0) is 14.8 Å². The van der Waals surface area contributed by atoms with E-state index >= 15 is 0 Å². The third kappa shape index (κ3) is 4.02. The summed E-state index contributed by atoms with van der Waals surface area (Å²) in [6.45, 7) is 0.399. The molecule has 1 aliphatic rings. The average Bonchev–Trinajstić information content (AvgIpc) is 2.49. The van der Waals surface area contributed by atoms with Gasteiger partial charge < -0.3 is 4.74 Å². The first-order valence-corrected chi connectivity index (χ1v) is 8.51. The molecule has 130 valence electrons. The number of halogens is 4. The number of alkyl halides is 3. The summed E-state index contributed by atoms with van der Waals surface area (Å²) in [5.74, 6) is -0.690. The fourth-order valence-corrected chi connectivity index (χ4v) is 4.40. The van der Waals surface area contributed by atoms with Gasteiger partial charge in [-0.15, -0.1) is 0 Å². The van der Waals surface area contributed by atoms with Crippen LogP contribution >= 0.6 is 0 Å². The van der Waals surface area contributed by atoms with E-state index in [1.165, 1.54) is 0 Å². The van der Waals surface area contributed by atoms with Crippen molar-refractivity contribution >= 4 is 10.0 Å². The molecular weight excluding hydrogens is 338 g/mol. The highest BCUT2D eigenvalue weighted by atomic mass is 32.2. The molecule has 2 rings (SSSR count). The summed E-state index contributed by atoms with van der Waals surface area (Å²) in [5, 5.41) is -0.911. The van der Waals surface area contributed by atoms with Gasteiger partial charge in [0.1, 0.15) is 11.9 Å². The third-order valence-corrected chi connectivity index (χ3v) is 6.18. The summed E-state index contributed by atoms with van der Waals surface area (Å²) < 4.78 is 83.7. The van der Waals surface area contributed by atoms with Crippen molar-refractivity contribution in [3.8, 4) is 0 Å². The van der Waals surface area contributed by atoms with Crippen molar-refractivity contribution < 1.29 is 30.7 Å². The van der Waals surface area contributed by atoms with Gasteiger partial charge in [0.05, 0.1) is 5.25 Å². The van der Waals surface area contributed by atoms with Gasteiger partial charge in [0.15, 0.2) is 0 Å². The zero-order chi connectivity index (χ0) is 17.3. The third-order valence-electron chi connectivity index (χ3n) is 3.85. The van der Waals surface area contributed by atoms with Crippen molar-refractivity contribution in [3.05, 3.63) is 35.6 Å². The summed E-state index contributed by atoms with van der Waals surface area (Å²) in [4.78, 5) is 0. The second kappa shape index (κ2) is 6.74. The predicted octanol–water partition coefficient (Wildman–Crippen LogP) is 2.87. The molecule has 1 saturated heterocycles. The largest absolute Gasteiger partial charge is 0.409 e. The molecule has 23 heavy (non-hydrogen) atoms. The van der Waals surface area contributed by atoms with E-state index in [1.54, 1.807) is 0 Å². The predicted molar refractivity (Wildman–Crippen MR) is 75.7 cm³/mol. The zero-order valence-electron chi connectivity index (χ0n) is 12.4. The molecule has 0 amide bonds. The van der Waals surface area contributed by atoms with Crippen LogP contribution in [0.4, 0.5) is 17.6 Å². The maximum Gasteiger partial charge on any atom is 0.409 e. The Kier molecular flexibility index (Phi) is 5.32. The fourth-order valence-electron chi connectivity index (χ4n) is 2.61. The molecule has 1 fully saturated rings. The Morgan fingerprint density at radius 3 is 2.17 bits per heavy atom. The lowest BCUT2D eigenvalue weighted by atomic mass is 10.1. The van der Waals surface area contributed by atoms with Gasteiger partial charge >= 0.3 is 6.18 Å². The van der Waals surface area contributed by atoms with Crippen LogP contribution < -0.4 is 0 Å². The first-order chi connectivity index (χ1) is 10.6. The number of hydrogen-bond acceptors (Lipinski definition) is 3. The molecule has 0 aliphatic carbocycles. The zero-order valence-corrected chi connectivity index (χ0v) is 13.2. The smallest absolute Gasteiger partial charge is 0.381 e. The van der Waals surface area contributed by atoms with E-state index in [4.69, 9.17) is 4.74 Å². The van der Waals surface area contributed by atoms with E-state index in [9.17, 15) is 26.0 Å². The fraction of sp³-hybridized carbons (Fsp3) is 0.571. The molecule has 0 saturated carbocycles. The van der Waals surface area contributed by atoms with E-state index in [1.807, 2.05) is 0 Å². The van der Waals surface area contributed by atoms with Crippen LogP contribution in [-0.4, -0.2) is 44.4 Å². The molecule has 0 bridgehead atoms. The minimum absolute atomic E-state index is 0.153. The number of nitrogens with zero attached hydrogens (tertiary/aromatic N) is 1. The van der Waals surface area contributed by atoms with Gasteiger partial charge in [-0.3, -0.25) is 0 Å². The molecule has 0 radical (unpaired) electrons. The Morgan fingerprint density at radius 2 is 1.70 bits per heavy atom. The van der Waals surface area contributed by atoms with Crippen molar-refractivity contribution in [1.82, 2.24) is 4.31 Å². The van der Waals surface area contributed by atoms with E-state index in [2.05, 4.69) is 0 Å². The SMILES string of the molecule is CN(C(c1ccc(F)cc1)C(F)(F)F)S(=O)(=O)C1CCOCC1. The van der Waals surface area contributed by atoms with Gasteiger partial charge in [0.2, 0.25) is 10.0 Å². The maximum atomic E-state index is 13.4. The molecule has 9 heteroatoms. The first-order valence-electron chi connectivity index (χ1n) is 7.01. The van der Waals surface area contributed by atoms with Crippen LogP contribution in [0.5, 0.6) is 0 Å². The van der Waals surface area contributed by atoms with Gasteiger partial charge in [-0.2, -0.15) is 17.5 Å². The summed E-state index contributed by atoms with van der Waals surface area (Å²) in [7, 11) is -3.25. The van der Waals surface area contributed by atoms with E-state index < -0.39 is 33.3 Å². The van der Waals surface area contributed by atoms with Crippen molar-refractivity contribution in [1.29, 1.82) is 0 Å². The van der Waals surface area contributed by atoms with Gasteiger partial charge in [-0.1, -0.05) is 12.1 Å². The normalized spacial score (nSPS) is 19.0. The number of ether oxygens (including phenoxy) is 1. The molecule has 1 aromatic carbocycles. The Bertz CT molecular complexity index is 624. The van der Waals surface area contributed by atoms with Gasteiger partial charge in [-0.05, 0) is 30.5 Å². The standard InChI is InChI=1S/C14H17F4NO3S/c1-19(23(20,21)12-6-8-22-9-7-12)13(14(16,17)18)10-2-4-11(15)5-3-10/h2-5,12-13H,6-9H2,1H3. The number of hydrogen-bond donors (Lipinski definition) is 0. The quantitative estimate of drug-likeness (QED) is 0.781. The van der Waals surface area contributed by atoms with Crippen molar-refractivity contribution in [3.63, 3.8) is 0 Å². The van der Waals surface area contributed by atoms with Crippen LogP contribution in [0.1, 0.15) is 24.4 Å². The van der Waals surface area contributed by atoms with Crippen LogP contribution in [0, 0.1) is 5.82 Å². The molecule has 1 atom stereocenters. The van der Waals surface area contributed by atoms with E-state index in [0.717, 1.165) is 31.3 Å². The van der Waals surface area contributed by atoms with Crippen LogP contribution in [0.3, 0.4) is 0 Å². The molecule has 0 aromatic heterocycles. The van der Waals surface area contributed by atoms with Gasteiger partial charge in [0, 0.05) is 20.3 Å². The number of sulfonamides is 1. The number of benzene rings is 1. The monoisotopic (exact) mass is 355 g/mol. The average molecular weight is 355 g/mol. The summed E-state index contributed by atoms with van der Waals surface area (Å²) >= 11 is 0. The van der Waals surface area contributed by atoms with E-state index in [-0.39, 0.29) is 31.6 Å². The van der Waals surface area contributed by atoms with Crippen molar-refractivity contribution in [2.24, 2.45) is 0 Å². The minimum Gasteiger partial charge on any atom is -0.381 e. The number of rotatable bonds is 4. The Balaban J connectivity index is 2.37. The van der Waals surface area contributed by atoms with Crippen LogP contribution in [0.25, 0.3) is 0 Å².